The number of halogens is 1. The summed E-state index contributed by atoms with van der Waals surface area (Å²) in [4.78, 5) is 2.75. The Balaban J connectivity index is 1.57. The van der Waals surface area contributed by atoms with Gasteiger partial charge in [0.1, 0.15) is 10.6 Å². The van der Waals surface area contributed by atoms with Gasteiger partial charge in [-0.05, 0) is 56.2 Å². The van der Waals surface area contributed by atoms with Crippen LogP contribution in [0.2, 0.25) is 5.02 Å². The van der Waals surface area contributed by atoms with Crippen LogP contribution in [0.1, 0.15) is 67.0 Å². The third kappa shape index (κ3) is 4.80. The van der Waals surface area contributed by atoms with Crippen molar-refractivity contribution >= 4 is 26.5 Å². The van der Waals surface area contributed by atoms with Crippen LogP contribution in [-0.4, -0.2) is 36.7 Å². The van der Waals surface area contributed by atoms with Gasteiger partial charge in [-0.15, -0.1) is 4.83 Å². The van der Waals surface area contributed by atoms with Gasteiger partial charge in [0, 0.05) is 35.3 Å². The normalized spacial score (nSPS) is 20.5. The molecule has 1 aromatic heterocycles. The van der Waals surface area contributed by atoms with Crippen LogP contribution < -0.4 is 4.83 Å². The van der Waals surface area contributed by atoms with Gasteiger partial charge < -0.3 is 0 Å². The lowest BCUT2D eigenvalue weighted by Crippen LogP contribution is -2.45. The van der Waals surface area contributed by atoms with Crippen LogP contribution in [0, 0.1) is 0 Å². The molecule has 1 unspecified atom stereocenters. The highest BCUT2D eigenvalue weighted by atomic mass is 35.5. The number of hydrogen-bond donors (Lipinski definition) is 2. The molecule has 0 amide bonds. The van der Waals surface area contributed by atoms with Crippen molar-refractivity contribution in [1.82, 2.24) is 20.0 Å². The first-order chi connectivity index (χ1) is 14.4. The number of benzene rings is 1. The molecule has 6 nitrogen and oxygen atoms in total. The molecule has 2 aromatic rings. The molecule has 2 N–H and O–H groups in total. The zero-order valence-electron chi connectivity index (χ0n) is 17.2. The Kier molecular flexibility index (Phi) is 6.63. The quantitative estimate of drug-likeness (QED) is 0.641. The van der Waals surface area contributed by atoms with Crippen molar-refractivity contribution < 1.29 is 8.42 Å². The number of nitrogens with zero attached hydrogens (tertiary/aromatic N) is 2. The van der Waals surface area contributed by atoms with Gasteiger partial charge in [-0.25, -0.2) is 13.4 Å². The van der Waals surface area contributed by atoms with E-state index in [4.69, 9.17) is 11.6 Å². The van der Waals surface area contributed by atoms with E-state index in [1.807, 2.05) is 18.2 Å². The molecule has 0 radical (unpaired) electrons. The van der Waals surface area contributed by atoms with E-state index in [0.29, 0.717) is 5.69 Å². The van der Waals surface area contributed by atoms with E-state index in [1.165, 1.54) is 5.56 Å². The Bertz CT molecular complexity index is 1010. The summed E-state index contributed by atoms with van der Waals surface area (Å²) >= 11 is 6.16. The van der Waals surface area contributed by atoms with Crippen molar-refractivity contribution in [1.29, 1.82) is 0 Å². The summed E-state index contributed by atoms with van der Waals surface area (Å²) in [7, 11) is -3.73. The summed E-state index contributed by atoms with van der Waals surface area (Å²) in [6, 6.07) is 7.92. The van der Waals surface area contributed by atoms with E-state index in [9.17, 15) is 8.42 Å². The van der Waals surface area contributed by atoms with E-state index < -0.39 is 10.0 Å². The van der Waals surface area contributed by atoms with Crippen LogP contribution in [0.15, 0.2) is 30.8 Å². The van der Waals surface area contributed by atoms with Gasteiger partial charge in [-0.2, -0.15) is 5.10 Å². The van der Waals surface area contributed by atoms with E-state index in [-0.39, 0.29) is 10.8 Å². The average Bonchev–Trinajstić information content (AvgIpc) is 3.04. The van der Waals surface area contributed by atoms with Crippen LogP contribution >= 0.6 is 11.6 Å². The number of rotatable bonds is 6. The Labute approximate surface area is 183 Å². The standard InChI is InChI=1S/C22H29ClN4O2S/c1-16(30(28,29)26-27-12-5-2-6-13-27)21-20-11-4-3-9-18(22(20)25-24-21)14-17-8-7-10-19(23)15-17/h7-8,10,15,18,26H,1-6,9,11-14H2,(H,24,25). The van der Waals surface area contributed by atoms with Crippen molar-refractivity contribution in [3.63, 3.8) is 0 Å². The third-order valence-corrected chi connectivity index (χ3v) is 7.68. The zero-order valence-corrected chi connectivity index (χ0v) is 18.7. The Hall–Kier alpha value is -1.67. The fraction of sp³-hybridized carbons (Fsp3) is 0.500. The summed E-state index contributed by atoms with van der Waals surface area (Å²) in [5, 5.41) is 10.1. The fourth-order valence-electron chi connectivity index (χ4n) is 4.53. The molecule has 0 saturated carbocycles. The van der Waals surface area contributed by atoms with E-state index >= 15 is 0 Å². The highest BCUT2D eigenvalue weighted by Gasteiger charge is 2.30. The molecule has 1 aromatic carbocycles. The molecule has 0 bridgehead atoms. The summed E-state index contributed by atoms with van der Waals surface area (Å²) in [6.07, 6.45) is 7.94. The largest absolute Gasteiger partial charge is 0.281 e. The molecule has 1 aliphatic carbocycles. The van der Waals surface area contributed by atoms with Crippen molar-refractivity contribution in [2.24, 2.45) is 0 Å². The van der Waals surface area contributed by atoms with Crippen molar-refractivity contribution in [2.75, 3.05) is 13.1 Å². The van der Waals surface area contributed by atoms with Crippen molar-refractivity contribution in [2.45, 2.75) is 57.3 Å². The maximum atomic E-state index is 13.0. The first kappa shape index (κ1) is 21.6. The molecule has 8 heteroatoms. The van der Waals surface area contributed by atoms with E-state index in [0.717, 1.165) is 80.7 Å². The van der Waals surface area contributed by atoms with Gasteiger partial charge in [0.05, 0.1) is 0 Å². The number of sulfonamides is 1. The zero-order chi connectivity index (χ0) is 21.1. The molecule has 2 heterocycles. The maximum absolute atomic E-state index is 13.0. The number of nitrogens with one attached hydrogen (secondary N) is 2. The topological polar surface area (TPSA) is 78.1 Å². The molecule has 1 fully saturated rings. The van der Waals surface area contributed by atoms with E-state index in [1.54, 1.807) is 5.01 Å². The molecule has 1 aliphatic heterocycles. The third-order valence-electron chi connectivity index (χ3n) is 6.10. The lowest BCUT2D eigenvalue weighted by Gasteiger charge is -2.26. The highest BCUT2D eigenvalue weighted by Crippen LogP contribution is 2.36. The summed E-state index contributed by atoms with van der Waals surface area (Å²) in [6.45, 7) is 5.37. The van der Waals surface area contributed by atoms with Crippen LogP contribution in [0.4, 0.5) is 0 Å². The van der Waals surface area contributed by atoms with Crippen LogP contribution in [0.25, 0.3) is 4.91 Å². The minimum Gasteiger partial charge on any atom is -0.281 e. The van der Waals surface area contributed by atoms with Crippen molar-refractivity contribution in [3.05, 3.63) is 58.4 Å². The minimum absolute atomic E-state index is 0.0500. The second-order valence-electron chi connectivity index (χ2n) is 8.31. The predicted octanol–water partition coefficient (Wildman–Crippen LogP) is 4.41. The van der Waals surface area contributed by atoms with Gasteiger partial charge in [0.2, 0.25) is 0 Å². The summed E-state index contributed by atoms with van der Waals surface area (Å²) < 4.78 is 25.9. The molecule has 1 atom stereocenters. The number of piperidine rings is 1. The SMILES string of the molecule is C=C(c1n[nH]c2c1CCCCC2Cc1cccc(Cl)c1)S(=O)(=O)NN1CCCCC1. The van der Waals surface area contributed by atoms with E-state index in [2.05, 4.69) is 27.7 Å². The second-order valence-corrected chi connectivity index (χ2v) is 10.4. The number of aromatic amines is 1. The van der Waals surface area contributed by atoms with Crippen LogP contribution in [-0.2, 0) is 22.9 Å². The van der Waals surface area contributed by atoms with Crippen LogP contribution in [0.5, 0.6) is 0 Å². The lowest BCUT2D eigenvalue weighted by molar-refractivity contribution is 0.201. The molecule has 2 aliphatic rings. The Morgan fingerprint density at radius 2 is 2.03 bits per heavy atom. The molecule has 4 rings (SSSR count). The molecule has 30 heavy (non-hydrogen) atoms. The number of hydrazine groups is 1. The number of H-pyrrole nitrogens is 1. The fourth-order valence-corrected chi connectivity index (χ4v) is 5.80. The number of hydrogen-bond acceptors (Lipinski definition) is 4. The smallest absolute Gasteiger partial charge is 0.255 e. The lowest BCUT2D eigenvalue weighted by atomic mass is 9.91. The average molecular weight is 449 g/mol. The maximum Gasteiger partial charge on any atom is 0.255 e. The molecule has 162 valence electrons. The first-order valence-corrected chi connectivity index (χ1v) is 12.6. The highest BCUT2D eigenvalue weighted by molar-refractivity contribution is 7.98. The van der Waals surface area contributed by atoms with Gasteiger partial charge in [0.15, 0.2) is 0 Å². The summed E-state index contributed by atoms with van der Waals surface area (Å²) in [5.41, 5.74) is 3.69. The predicted molar refractivity (Wildman–Crippen MR) is 121 cm³/mol. The monoisotopic (exact) mass is 448 g/mol. The Morgan fingerprint density at radius 1 is 1.23 bits per heavy atom. The molecule has 1 saturated heterocycles. The van der Waals surface area contributed by atoms with Crippen molar-refractivity contribution in [3.8, 4) is 0 Å². The van der Waals surface area contributed by atoms with Gasteiger partial charge in [0.25, 0.3) is 10.0 Å². The van der Waals surface area contributed by atoms with Gasteiger partial charge in [-0.1, -0.05) is 43.2 Å². The van der Waals surface area contributed by atoms with Gasteiger partial charge >= 0.3 is 0 Å². The van der Waals surface area contributed by atoms with Gasteiger partial charge in [-0.3, -0.25) is 5.10 Å². The van der Waals surface area contributed by atoms with Crippen LogP contribution in [0.3, 0.4) is 0 Å². The number of aromatic nitrogens is 2. The second kappa shape index (κ2) is 9.22. The summed E-state index contributed by atoms with van der Waals surface area (Å²) in [5.74, 6) is 0.257. The Morgan fingerprint density at radius 3 is 2.80 bits per heavy atom. The first-order valence-electron chi connectivity index (χ1n) is 10.7. The molecular weight excluding hydrogens is 420 g/mol. The molecular formula is C22H29ClN4O2S. The number of fused-ring (bicyclic) bond motifs is 1. The minimum atomic E-state index is -3.73. The molecule has 0 spiro atoms.